The second-order valence-electron chi connectivity index (χ2n) is 3.56. The highest BCUT2D eigenvalue weighted by atomic mass is 32.1. The number of rotatable bonds is 8. The van der Waals surface area contributed by atoms with Crippen LogP contribution in [0, 0.1) is 0 Å². The summed E-state index contributed by atoms with van der Waals surface area (Å²) in [7, 11) is 1.70. The van der Waals surface area contributed by atoms with E-state index in [1.807, 2.05) is 12.3 Å². The zero-order chi connectivity index (χ0) is 11.8. The fourth-order valence-electron chi connectivity index (χ4n) is 1.42. The largest absolute Gasteiger partial charge is 0.496 e. The summed E-state index contributed by atoms with van der Waals surface area (Å²) in [6.07, 6.45) is 1.13. The molecule has 0 aliphatic rings. The van der Waals surface area contributed by atoms with Crippen LogP contribution in [-0.2, 0) is 4.74 Å². The lowest BCUT2D eigenvalue weighted by atomic mass is 10.2. The maximum absolute atomic E-state index is 5.49. The van der Waals surface area contributed by atoms with Crippen molar-refractivity contribution in [3.05, 3.63) is 16.3 Å². The van der Waals surface area contributed by atoms with Gasteiger partial charge in [0, 0.05) is 16.9 Å². The van der Waals surface area contributed by atoms with E-state index in [0.717, 1.165) is 31.9 Å². The summed E-state index contributed by atoms with van der Waals surface area (Å²) >= 11 is 1.72. The lowest BCUT2D eigenvalue weighted by Crippen LogP contribution is -2.25. The van der Waals surface area contributed by atoms with E-state index in [1.165, 1.54) is 4.88 Å². The number of ether oxygens (including phenoxy) is 2. The van der Waals surface area contributed by atoms with Gasteiger partial charge in [-0.25, -0.2) is 0 Å². The van der Waals surface area contributed by atoms with Gasteiger partial charge in [0.15, 0.2) is 0 Å². The molecule has 0 radical (unpaired) electrons. The van der Waals surface area contributed by atoms with Gasteiger partial charge in [0.1, 0.15) is 5.75 Å². The van der Waals surface area contributed by atoms with Gasteiger partial charge in [-0.1, -0.05) is 6.92 Å². The SMILES string of the molecule is CCCNC(COCC)c1cc(OC)cs1. The molecule has 1 aromatic rings. The van der Waals surface area contributed by atoms with Crippen molar-refractivity contribution in [1.29, 1.82) is 0 Å². The number of nitrogens with one attached hydrogen (secondary N) is 1. The number of thiophene rings is 1. The predicted octanol–water partition coefficient (Wildman–Crippen LogP) is 2.83. The molecule has 16 heavy (non-hydrogen) atoms. The molecule has 0 saturated carbocycles. The van der Waals surface area contributed by atoms with E-state index in [-0.39, 0.29) is 6.04 Å². The third kappa shape index (κ3) is 4.12. The minimum Gasteiger partial charge on any atom is -0.496 e. The predicted molar refractivity (Wildman–Crippen MR) is 68.4 cm³/mol. The van der Waals surface area contributed by atoms with Crippen molar-refractivity contribution in [1.82, 2.24) is 5.32 Å². The van der Waals surface area contributed by atoms with Crippen molar-refractivity contribution in [2.24, 2.45) is 0 Å². The molecule has 4 heteroatoms. The van der Waals surface area contributed by atoms with Crippen molar-refractivity contribution < 1.29 is 9.47 Å². The fourth-order valence-corrected chi connectivity index (χ4v) is 2.34. The summed E-state index contributed by atoms with van der Waals surface area (Å²) in [6, 6.07) is 2.37. The molecule has 0 bridgehead atoms. The third-order valence-corrected chi connectivity index (χ3v) is 3.33. The third-order valence-electron chi connectivity index (χ3n) is 2.30. The van der Waals surface area contributed by atoms with E-state index >= 15 is 0 Å². The number of hydrogen-bond donors (Lipinski definition) is 1. The van der Waals surface area contributed by atoms with Crippen molar-refractivity contribution >= 4 is 11.3 Å². The zero-order valence-electron chi connectivity index (χ0n) is 10.3. The normalized spacial score (nSPS) is 12.7. The number of hydrogen-bond acceptors (Lipinski definition) is 4. The van der Waals surface area contributed by atoms with Gasteiger partial charge >= 0.3 is 0 Å². The van der Waals surface area contributed by atoms with Gasteiger partial charge in [-0.15, -0.1) is 11.3 Å². The minimum absolute atomic E-state index is 0.286. The maximum Gasteiger partial charge on any atom is 0.129 e. The minimum atomic E-state index is 0.286. The first-order valence-corrected chi connectivity index (χ1v) is 6.63. The fraction of sp³-hybridized carbons (Fsp3) is 0.667. The van der Waals surface area contributed by atoms with E-state index in [4.69, 9.17) is 9.47 Å². The molecule has 1 unspecified atom stereocenters. The Morgan fingerprint density at radius 1 is 1.44 bits per heavy atom. The average Bonchev–Trinajstić information content (AvgIpc) is 2.78. The van der Waals surface area contributed by atoms with Crippen LogP contribution in [0.1, 0.15) is 31.2 Å². The molecule has 0 aromatic carbocycles. The van der Waals surface area contributed by atoms with E-state index in [9.17, 15) is 0 Å². The van der Waals surface area contributed by atoms with Crippen LogP contribution in [-0.4, -0.2) is 26.9 Å². The molecule has 0 fully saturated rings. The number of methoxy groups -OCH3 is 1. The molecule has 1 rings (SSSR count). The Morgan fingerprint density at radius 3 is 2.81 bits per heavy atom. The Balaban J connectivity index is 2.58. The van der Waals surface area contributed by atoms with Crippen molar-refractivity contribution in [3.8, 4) is 5.75 Å². The van der Waals surface area contributed by atoms with Crippen LogP contribution in [0.5, 0.6) is 5.75 Å². The smallest absolute Gasteiger partial charge is 0.129 e. The highest BCUT2D eigenvalue weighted by molar-refractivity contribution is 7.10. The van der Waals surface area contributed by atoms with Gasteiger partial charge in [-0.2, -0.15) is 0 Å². The zero-order valence-corrected chi connectivity index (χ0v) is 11.1. The molecule has 1 N–H and O–H groups in total. The van der Waals surface area contributed by atoms with Crippen LogP contribution in [0.4, 0.5) is 0 Å². The quantitative estimate of drug-likeness (QED) is 0.761. The Labute approximate surface area is 102 Å². The molecule has 0 saturated heterocycles. The topological polar surface area (TPSA) is 30.5 Å². The van der Waals surface area contributed by atoms with Crippen LogP contribution in [0.15, 0.2) is 11.4 Å². The summed E-state index contributed by atoms with van der Waals surface area (Å²) in [4.78, 5) is 1.28. The molecule has 0 aliphatic heterocycles. The first-order chi connectivity index (χ1) is 7.81. The van der Waals surface area contributed by atoms with Crippen molar-refractivity contribution in [2.45, 2.75) is 26.3 Å². The van der Waals surface area contributed by atoms with Crippen LogP contribution >= 0.6 is 11.3 Å². The second kappa shape index (κ2) is 7.65. The summed E-state index contributed by atoms with van der Waals surface area (Å²) in [6.45, 7) is 6.68. The molecule has 1 atom stereocenters. The summed E-state index contributed by atoms with van der Waals surface area (Å²) < 4.78 is 10.7. The van der Waals surface area contributed by atoms with E-state index in [2.05, 4.69) is 18.3 Å². The first-order valence-electron chi connectivity index (χ1n) is 5.75. The standard InChI is InChI=1S/C12H21NO2S/c1-4-6-13-11(8-15-5-2)12-7-10(14-3)9-16-12/h7,9,11,13H,4-6,8H2,1-3H3. The van der Waals surface area contributed by atoms with Gasteiger partial charge in [-0.3, -0.25) is 0 Å². The lowest BCUT2D eigenvalue weighted by molar-refractivity contribution is 0.124. The Hall–Kier alpha value is -0.580. The Bertz CT molecular complexity index is 280. The van der Waals surface area contributed by atoms with Crippen molar-refractivity contribution in [2.75, 3.05) is 26.9 Å². The molecular formula is C12H21NO2S. The van der Waals surface area contributed by atoms with Crippen LogP contribution in [0.25, 0.3) is 0 Å². The van der Waals surface area contributed by atoms with Crippen LogP contribution in [0.2, 0.25) is 0 Å². The van der Waals surface area contributed by atoms with Gasteiger partial charge in [0.2, 0.25) is 0 Å². The van der Waals surface area contributed by atoms with Gasteiger partial charge < -0.3 is 14.8 Å². The summed E-state index contributed by atoms with van der Waals surface area (Å²) in [5, 5.41) is 5.52. The maximum atomic E-state index is 5.49. The molecule has 92 valence electrons. The molecule has 0 aliphatic carbocycles. The molecular weight excluding hydrogens is 222 g/mol. The van der Waals surface area contributed by atoms with Gasteiger partial charge in [0.05, 0.1) is 19.8 Å². The van der Waals surface area contributed by atoms with E-state index < -0.39 is 0 Å². The molecule has 3 nitrogen and oxygen atoms in total. The highest BCUT2D eigenvalue weighted by Gasteiger charge is 2.13. The Morgan fingerprint density at radius 2 is 2.25 bits per heavy atom. The molecule has 0 amide bonds. The second-order valence-corrected chi connectivity index (χ2v) is 4.50. The van der Waals surface area contributed by atoms with Gasteiger partial charge in [-0.05, 0) is 26.0 Å². The lowest BCUT2D eigenvalue weighted by Gasteiger charge is -2.16. The van der Waals surface area contributed by atoms with Crippen LogP contribution in [0.3, 0.4) is 0 Å². The van der Waals surface area contributed by atoms with Crippen molar-refractivity contribution in [3.63, 3.8) is 0 Å². The molecule has 1 heterocycles. The average molecular weight is 243 g/mol. The molecule has 0 spiro atoms. The highest BCUT2D eigenvalue weighted by Crippen LogP contribution is 2.27. The first kappa shape index (κ1) is 13.5. The van der Waals surface area contributed by atoms with Crippen LogP contribution < -0.4 is 10.1 Å². The summed E-state index contributed by atoms with van der Waals surface area (Å²) in [5.74, 6) is 0.930. The Kier molecular flexibility index (Phi) is 6.45. The van der Waals surface area contributed by atoms with E-state index in [0.29, 0.717) is 0 Å². The summed E-state index contributed by atoms with van der Waals surface area (Å²) in [5.41, 5.74) is 0. The van der Waals surface area contributed by atoms with Gasteiger partial charge in [0.25, 0.3) is 0 Å². The molecule has 1 aromatic heterocycles. The van der Waals surface area contributed by atoms with E-state index in [1.54, 1.807) is 18.4 Å². The monoisotopic (exact) mass is 243 g/mol.